The number of ether oxygens (including phenoxy) is 2. The molecule has 0 saturated carbocycles. The Morgan fingerprint density at radius 3 is 2.85 bits per heavy atom. The van der Waals surface area contributed by atoms with Crippen molar-refractivity contribution in [3.8, 4) is 17.0 Å². The minimum Gasteiger partial charge on any atom is -0.475 e. The molecule has 1 aliphatic rings. The molecule has 33 heavy (non-hydrogen) atoms. The van der Waals surface area contributed by atoms with Crippen LogP contribution in [0.15, 0.2) is 24.4 Å². The molecule has 170 valence electrons. The van der Waals surface area contributed by atoms with E-state index in [4.69, 9.17) is 9.47 Å². The molecule has 0 spiro atoms. The number of likely N-dealkylation sites (N-methyl/N-ethyl adjacent to an activating group) is 1. The number of carbonyl (C=O) groups is 1. The fraction of sp³-hybridized carbons (Fsp3) is 0.304. The monoisotopic (exact) mass is 447 g/mol. The highest BCUT2D eigenvalue weighted by Gasteiger charge is 2.22. The van der Waals surface area contributed by atoms with Crippen LogP contribution in [0.5, 0.6) is 5.88 Å². The van der Waals surface area contributed by atoms with Crippen LogP contribution >= 0.6 is 0 Å². The van der Waals surface area contributed by atoms with E-state index < -0.39 is 0 Å². The van der Waals surface area contributed by atoms with Crippen molar-refractivity contribution < 1.29 is 14.3 Å². The second kappa shape index (κ2) is 8.55. The Hall–Kier alpha value is -3.92. The number of hydrogen-bond acceptors (Lipinski definition) is 6. The molecule has 1 aliphatic heterocycles. The van der Waals surface area contributed by atoms with E-state index in [-0.39, 0.29) is 5.91 Å². The number of hydrogen-bond donors (Lipinski definition) is 2. The number of fused-ring (bicyclic) bond motifs is 4. The van der Waals surface area contributed by atoms with Crippen molar-refractivity contribution in [1.82, 2.24) is 35.1 Å². The topological polar surface area (TPSA) is 114 Å². The molecule has 2 N–H and O–H groups in total. The third kappa shape index (κ3) is 3.89. The number of carbonyl (C=O) groups excluding carboxylic acids is 1. The molecule has 0 atom stereocenters. The molecule has 10 heteroatoms. The van der Waals surface area contributed by atoms with Gasteiger partial charge in [0.1, 0.15) is 12.3 Å². The average molecular weight is 447 g/mol. The lowest BCUT2D eigenvalue weighted by molar-refractivity contribution is 0.0629. The summed E-state index contributed by atoms with van der Waals surface area (Å²) in [6.07, 6.45) is 5.59. The zero-order valence-electron chi connectivity index (χ0n) is 18.8. The van der Waals surface area contributed by atoms with Gasteiger partial charge in [0.05, 0.1) is 41.9 Å². The number of aromatic nitrogens is 6. The first-order valence-electron chi connectivity index (χ1n) is 10.7. The Kier molecular flexibility index (Phi) is 5.43. The third-order valence-electron chi connectivity index (χ3n) is 5.78. The number of H-pyrrole nitrogens is 2. The minimum absolute atomic E-state index is 0.113. The van der Waals surface area contributed by atoms with Crippen LogP contribution in [0.2, 0.25) is 0 Å². The van der Waals surface area contributed by atoms with E-state index in [0.29, 0.717) is 37.9 Å². The van der Waals surface area contributed by atoms with Gasteiger partial charge in [-0.3, -0.25) is 14.6 Å². The van der Waals surface area contributed by atoms with Gasteiger partial charge in [-0.25, -0.2) is 5.10 Å². The van der Waals surface area contributed by atoms with Gasteiger partial charge in [0, 0.05) is 31.6 Å². The molecule has 1 amide bonds. The lowest BCUT2D eigenvalue weighted by Gasteiger charge is -2.18. The van der Waals surface area contributed by atoms with Gasteiger partial charge in [0.2, 0.25) is 5.88 Å². The molecule has 2 bridgehead atoms. The van der Waals surface area contributed by atoms with Gasteiger partial charge in [-0.05, 0) is 36.8 Å². The van der Waals surface area contributed by atoms with Gasteiger partial charge in [-0.1, -0.05) is 6.07 Å². The fourth-order valence-electron chi connectivity index (χ4n) is 4.00. The van der Waals surface area contributed by atoms with E-state index in [1.165, 1.54) is 0 Å². The van der Waals surface area contributed by atoms with Gasteiger partial charge in [-0.15, -0.1) is 0 Å². The van der Waals surface area contributed by atoms with Crippen LogP contribution < -0.4 is 4.74 Å². The number of amides is 1. The molecule has 3 aromatic heterocycles. The van der Waals surface area contributed by atoms with Crippen LogP contribution in [0.1, 0.15) is 27.4 Å². The van der Waals surface area contributed by atoms with Crippen molar-refractivity contribution in [3.05, 3.63) is 47.0 Å². The summed E-state index contributed by atoms with van der Waals surface area (Å²) in [7, 11) is 3.54. The zero-order valence-corrected chi connectivity index (χ0v) is 18.8. The first-order valence-corrected chi connectivity index (χ1v) is 10.7. The van der Waals surface area contributed by atoms with Crippen molar-refractivity contribution in [2.45, 2.75) is 6.92 Å². The maximum Gasteiger partial charge on any atom is 0.272 e. The highest BCUT2D eigenvalue weighted by Crippen LogP contribution is 2.31. The summed E-state index contributed by atoms with van der Waals surface area (Å²) in [6, 6.07) is 5.99. The second-order valence-electron chi connectivity index (χ2n) is 7.97. The summed E-state index contributed by atoms with van der Waals surface area (Å²) in [5, 5.41) is 20.0. The molecular weight excluding hydrogens is 422 g/mol. The van der Waals surface area contributed by atoms with Crippen LogP contribution in [0.3, 0.4) is 0 Å². The summed E-state index contributed by atoms with van der Waals surface area (Å²) in [4.78, 5) is 14.8. The van der Waals surface area contributed by atoms with Crippen LogP contribution in [0.25, 0.3) is 34.2 Å². The maximum atomic E-state index is 13.2. The van der Waals surface area contributed by atoms with Crippen LogP contribution in [0, 0.1) is 6.92 Å². The molecule has 0 unspecified atom stereocenters. The Balaban J connectivity index is 1.61. The summed E-state index contributed by atoms with van der Waals surface area (Å²) < 4.78 is 13.2. The van der Waals surface area contributed by atoms with Crippen LogP contribution in [0.4, 0.5) is 0 Å². The molecular formula is C23H25N7O3. The molecule has 1 aromatic carbocycles. The van der Waals surface area contributed by atoms with E-state index in [2.05, 4.69) is 25.5 Å². The third-order valence-corrected chi connectivity index (χ3v) is 5.78. The van der Waals surface area contributed by atoms with Gasteiger partial charge >= 0.3 is 0 Å². The first-order chi connectivity index (χ1) is 16.0. The fourth-order valence-corrected chi connectivity index (χ4v) is 4.00. The molecule has 0 saturated heterocycles. The smallest absolute Gasteiger partial charge is 0.272 e. The quantitative estimate of drug-likeness (QED) is 0.428. The van der Waals surface area contributed by atoms with Crippen molar-refractivity contribution in [2.24, 2.45) is 7.05 Å². The standard InChI is InChI=1S/C23H25N7O3/c1-14-16-5-7-20-17-12-15(4-6-19(17)25-26-20)18-13-24-27-22(18)33-11-10-32-9-8-29(2)23(31)21(16)30(3)28-14/h4-7,12-13H,8-11H2,1-3H3,(H,24,27)(H,25,26)/b7-5+. The predicted molar refractivity (Wildman–Crippen MR) is 124 cm³/mol. The highest BCUT2D eigenvalue weighted by molar-refractivity contribution is 5.99. The SMILES string of the molecule is Cc1nn(C)c2c1/C=C/c1[nH]nc3ccc(cc13)-c1cn[nH]c1OCCOCCN(C)C2=O. The molecule has 5 rings (SSSR count). The van der Waals surface area contributed by atoms with Crippen LogP contribution in [-0.4, -0.2) is 74.4 Å². The van der Waals surface area contributed by atoms with E-state index in [1.54, 1.807) is 29.9 Å². The molecule has 0 aliphatic carbocycles. The lowest BCUT2D eigenvalue weighted by Crippen LogP contribution is -2.32. The van der Waals surface area contributed by atoms with E-state index >= 15 is 0 Å². The van der Waals surface area contributed by atoms with Crippen molar-refractivity contribution in [2.75, 3.05) is 33.4 Å². The van der Waals surface area contributed by atoms with E-state index in [9.17, 15) is 4.79 Å². The Bertz CT molecular complexity index is 1350. The largest absolute Gasteiger partial charge is 0.475 e. The van der Waals surface area contributed by atoms with Crippen molar-refractivity contribution in [3.63, 3.8) is 0 Å². The summed E-state index contributed by atoms with van der Waals surface area (Å²) in [6.45, 7) is 3.50. The zero-order chi connectivity index (χ0) is 22.9. The molecule has 4 aromatic rings. The van der Waals surface area contributed by atoms with Crippen molar-refractivity contribution in [1.29, 1.82) is 0 Å². The van der Waals surface area contributed by atoms with Gasteiger partial charge in [-0.2, -0.15) is 15.3 Å². The van der Waals surface area contributed by atoms with Crippen molar-refractivity contribution >= 4 is 29.0 Å². The molecule has 0 radical (unpaired) electrons. The Morgan fingerprint density at radius 1 is 1.09 bits per heavy atom. The Morgan fingerprint density at radius 2 is 1.97 bits per heavy atom. The number of benzene rings is 1. The molecule has 4 heterocycles. The van der Waals surface area contributed by atoms with Gasteiger partial charge in [0.25, 0.3) is 5.91 Å². The number of nitrogens with zero attached hydrogens (tertiary/aromatic N) is 5. The highest BCUT2D eigenvalue weighted by atomic mass is 16.5. The van der Waals surface area contributed by atoms with Gasteiger partial charge in [0.15, 0.2) is 0 Å². The van der Waals surface area contributed by atoms with E-state index in [1.807, 2.05) is 37.3 Å². The Labute approximate surface area is 190 Å². The number of nitrogens with one attached hydrogen (secondary N) is 2. The number of aryl methyl sites for hydroxylation is 2. The summed E-state index contributed by atoms with van der Waals surface area (Å²) in [5.74, 6) is 0.472. The molecule has 0 fully saturated rings. The lowest BCUT2D eigenvalue weighted by atomic mass is 10.0. The van der Waals surface area contributed by atoms with Gasteiger partial charge < -0.3 is 14.4 Å². The first kappa shape index (κ1) is 21.0. The van der Waals surface area contributed by atoms with Crippen LogP contribution in [-0.2, 0) is 11.8 Å². The normalized spacial score (nSPS) is 16.2. The second-order valence-corrected chi connectivity index (χ2v) is 7.97. The molecule has 10 nitrogen and oxygen atoms in total. The summed E-state index contributed by atoms with van der Waals surface area (Å²) in [5.41, 5.74) is 5.59. The average Bonchev–Trinajstić information content (AvgIpc) is 3.50. The summed E-state index contributed by atoms with van der Waals surface area (Å²) >= 11 is 0. The van der Waals surface area contributed by atoms with E-state index in [0.717, 1.165) is 39.0 Å². The maximum absolute atomic E-state index is 13.2. The number of aromatic amines is 2. The minimum atomic E-state index is -0.113. The number of rotatable bonds is 0. The predicted octanol–water partition coefficient (Wildman–Crippen LogP) is 2.65.